The van der Waals surface area contributed by atoms with Crippen LogP contribution in [0.15, 0.2) is 72.9 Å². The van der Waals surface area contributed by atoms with Crippen molar-refractivity contribution in [3.05, 3.63) is 72.9 Å². The van der Waals surface area contributed by atoms with Crippen molar-refractivity contribution in [2.45, 2.75) is 142 Å². The fourth-order valence-corrected chi connectivity index (χ4v) is 5.55. The van der Waals surface area contributed by atoms with Gasteiger partial charge in [0.2, 0.25) is 5.91 Å². The van der Waals surface area contributed by atoms with Crippen LogP contribution in [0, 0.1) is 0 Å². The molecule has 288 valence electrons. The number of hydrogen-bond donors (Lipinski definition) is 2. The Bertz CT molecular complexity index is 1040. The van der Waals surface area contributed by atoms with Gasteiger partial charge < -0.3 is 28.8 Å². The molecule has 3 unspecified atom stereocenters. The minimum absolute atomic E-state index is 0.0156. The number of carbonyl (C=O) groups excluding carboxylic acids is 1. The summed E-state index contributed by atoms with van der Waals surface area (Å²) < 4.78 is 23.0. The highest BCUT2D eigenvalue weighted by Gasteiger charge is 2.23. The van der Waals surface area contributed by atoms with Crippen molar-refractivity contribution in [3.63, 3.8) is 0 Å². The van der Waals surface area contributed by atoms with Crippen LogP contribution in [0.3, 0.4) is 0 Å². The van der Waals surface area contributed by atoms with Crippen molar-refractivity contribution in [1.82, 2.24) is 5.32 Å². The van der Waals surface area contributed by atoms with E-state index >= 15 is 0 Å². The Labute approximate surface area is 306 Å². The Morgan fingerprint density at radius 1 is 0.720 bits per heavy atom. The predicted molar refractivity (Wildman–Crippen MR) is 210 cm³/mol. The molecule has 0 fully saturated rings. The van der Waals surface area contributed by atoms with Gasteiger partial charge in [-0.3, -0.25) is 9.36 Å². The van der Waals surface area contributed by atoms with Crippen molar-refractivity contribution >= 4 is 13.7 Å². The van der Waals surface area contributed by atoms with Gasteiger partial charge in [0.05, 0.1) is 39.9 Å². The number of rotatable bonds is 33. The van der Waals surface area contributed by atoms with Gasteiger partial charge in [-0.05, 0) is 57.8 Å². The molecule has 0 aliphatic rings. The Morgan fingerprint density at radius 2 is 1.22 bits per heavy atom. The lowest BCUT2D eigenvalue weighted by atomic mass is 10.1. The minimum atomic E-state index is -4.60. The maximum Gasteiger partial charge on any atom is 0.268 e. The molecule has 0 radical (unpaired) electrons. The number of aliphatic hydroxyl groups is 1. The summed E-state index contributed by atoms with van der Waals surface area (Å²) in [5, 5.41) is 13.6. The molecule has 50 heavy (non-hydrogen) atoms. The number of amides is 1. The summed E-state index contributed by atoms with van der Waals surface area (Å²) in [6.45, 7) is 4.43. The van der Waals surface area contributed by atoms with Crippen LogP contribution in [0.4, 0.5) is 0 Å². The third-order valence-corrected chi connectivity index (χ3v) is 8.89. The van der Waals surface area contributed by atoms with E-state index in [1.807, 2.05) is 27.2 Å². The molecule has 0 aromatic rings. The van der Waals surface area contributed by atoms with Crippen LogP contribution in [-0.4, -0.2) is 68.5 Å². The number of aliphatic hydroxyl groups excluding tert-OH is 1. The quantitative estimate of drug-likeness (QED) is 0.0303. The molecule has 0 saturated carbocycles. The van der Waals surface area contributed by atoms with E-state index in [1.54, 1.807) is 6.08 Å². The van der Waals surface area contributed by atoms with E-state index in [0.717, 1.165) is 57.8 Å². The van der Waals surface area contributed by atoms with Crippen molar-refractivity contribution in [2.24, 2.45) is 0 Å². The third kappa shape index (κ3) is 34.4. The number of phosphoric acid groups is 1. The summed E-state index contributed by atoms with van der Waals surface area (Å²) in [4.78, 5) is 25.1. The maximum absolute atomic E-state index is 12.8. The predicted octanol–water partition coefficient (Wildman–Crippen LogP) is 9.44. The normalized spacial score (nSPS) is 15.4. The zero-order chi connectivity index (χ0) is 37.2. The first-order valence-corrected chi connectivity index (χ1v) is 20.8. The number of nitrogens with one attached hydrogen (secondary N) is 1. The number of likely N-dealkylation sites (N-methyl/N-ethyl adjacent to an activating group) is 1. The highest BCUT2D eigenvalue weighted by atomic mass is 31.2. The second-order valence-corrected chi connectivity index (χ2v) is 15.3. The molecule has 9 heteroatoms. The molecule has 0 aromatic carbocycles. The molecular formula is C41H73N2O6P. The fraction of sp³-hybridized carbons (Fsp3) is 0.683. The minimum Gasteiger partial charge on any atom is -0.756 e. The summed E-state index contributed by atoms with van der Waals surface area (Å²) in [6, 6.07) is -0.917. The monoisotopic (exact) mass is 721 g/mol. The highest BCUT2D eigenvalue weighted by molar-refractivity contribution is 7.45. The number of unbranched alkanes of at least 4 members (excludes halogenated alkanes) is 10. The molecule has 0 aromatic heterocycles. The second kappa shape index (κ2) is 32.8. The maximum atomic E-state index is 12.8. The van der Waals surface area contributed by atoms with Crippen LogP contribution in [0.5, 0.6) is 0 Å². The zero-order valence-corrected chi connectivity index (χ0v) is 33.2. The Morgan fingerprint density at radius 3 is 1.76 bits per heavy atom. The molecule has 8 nitrogen and oxygen atoms in total. The molecule has 2 N–H and O–H groups in total. The Hall–Kier alpha value is -2.06. The second-order valence-electron chi connectivity index (χ2n) is 13.9. The molecule has 0 spiro atoms. The van der Waals surface area contributed by atoms with Gasteiger partial charge in [0.25, 0.3) is 7.82 Å². The average molecular weight is 721 g/mol. The Kier molecular flexibility index (Phi) is 31.5. The number of nitrogens with zero attached hydrogens (tertiary/aromatic N) is 1. The zero-order valence-electron chi connectivity index (χ0n) is 32.3. The standard InChI is InChI=1S/C41H73N2O6P/c1-6-8-10-12-14-16-18-19-20-21-22-23-25-27-29-31-33-35-41(45)42-39(38-49-50(46,47)48-37-36-43(3,4)5)40(44)34-32-30-28-26-24-17-15-13-11-9-7-2/h8,10,14,16,19-20,22-23,27,29,32,34,39-40,44H,6-7,9,11-13,15,17-18,21,24-26,28,30-31,33,35-38H2,1-5H3,(H-,42,45,46,47)/b10-8-,16-14-,20-19-,23-22-,29-27-,34-32+. The molecule has 0 rings (SSSR count). The molecule has 0 aliphatic carbocycles. The van der Waals surface area contributed by atoms with Gasteiger partial charge in [0.15, 0.2) is 0 Å². The Balaban J connectivity index is 4.64. The van der Waals surface area contributed by atoms with Crippen LogP contribution < -0.4 is 10.2 Å². The summed E-state index contributed by atoms with van der Waals surface area (Å²) in [6.07, 6.45) is 42.4. The van der Waals surface area contributed by atoms with E-state index in [4.69, 9.17) is 9.05 Å². The van der Waals surface area contributed by atoms with E-state index in [1.165, 1.54) is 44.9 Å². The lowest BCUT2D eigenvalue weighted by molar-refractivity contribution is -0.870. The van der Waals surface area contributed by atoms with Gasteiger partial charge >= 0.3 is 0 Å². The molecule has 1 amide bonds. The van der Waals surface area contributed by atoms with Crippen LogP contribution in [0.25, 0.3) is 0 Å². The van der Waals surface area contributed by atoms with Crippen LogP contribution in [0.1, 0.15) is 129 Å². The van der Waals surface area contributed by atoms with E-state index in [-0.39, 0.29) is 18.9 Å². The van der Waals surface area contributed by atoms with Crippen molar-refractivity contribution in [1.29, 1.82) is 0 Å². The molecular weight excluding hydrogens is 647 g/mol. The van der Waals surface area contributed by atoms with Crippen molar-refractivity contribution in [2.75, 3.05) is 40.9 Å². The van der Waals surface area contributed by atoms with Gasteiger partial charge in [-0.25, -0.2) is 0 Å². The molecule has 0 bridgehead atoms. The topological polar surface area (TPSA) is 108 Å². The van der Waals surface area contributed by atoms with E-state index < -0.39 is 26.6 Å². The highest BCUT2D eigenvalue weighted by Crippen LogP contribution is 2.38. The van der Waals surface area contributed by atoms with Crippen LogP contribution >= 0.6 is 7.82 Å². The van der Waals surface area contributed by atoms with E-state index in [9.17, 15) is 19.4 Å². The lowest BCUT2D eigenvalue weighted by Gasteiger charge is -2.29. The number of quaternary nitrogens is 1. The van der Waals surface area contributed by atoms with Gasteiger partial charge in [-0.2, -0.15) is 0 Å². The summed E-state index contributed by atoms with van der Waals surface area (Å²) >= 11 is 0. The van der Waals surface area contributed by atoms with Crippen molar-refractivity contribution in [3.8, 4) is 0 Å². The summed E-state index contributed by atoms with van der Waals surface area (Å²) in [5.74, 6) is -0.260. The third-order valence-electron chi connectivity index (χ3n) is 7.92. The molecule has 3 atom stereocenters. The summed E-state index contributed by atoms with van der Waals surface area (Å²) in [5.41, 5.74) is 0. The number of carbonyl (C=O) groups is 1. The van der Waals surface area contributed by atoms with Gasteiger partial charge in [-0.1, -0.05) is 138 Å². The number of hydrogen-bond acceptors (Lipinski definition) is 6. The number of phosphoric ester groups is 1. The first-order chi connectivity index (χ1) is 24.0. The molecule has 0 saturated heterocycles. The average Bonchev–Trinajstić information content (AvgIpc) is 3.06. The smallest absolute Gasteiger partial charge is 0.268 e. The van der Waals surface area contributed by atoms with Gasteiger partial charge in [-0.15, -0.1) is 0 Å². The number of allylic oxidation sites excluding steroid dienone is 11. The van der Waals surface area contributed by atoms with Crippen molar-refractivity contribution < 1.29 is 32.9 Å². The molecule has 0 heterocycles. The van der Waals surface area contributed by atoms with Gasteiger partial charge in [0, 0.05) is 6.42 Å². The van der Waals surface area contributed by atoms with Crippen LogP contribution in [0.2, 0.25) is 0 Å². The van der Waals surface area contributed by atoms with Gasteiger partial charge in [0.1, 0.15) is 13.2 Å². The SMILES string of the molecule is CC/C=C\C/C=C\C/C=C\C/C=C\C/C=C\CCCC(=O)NC(COP(=O)([O-])OCC[N+](C)(C)C)C(O)/C=C/CCCCCCCCCCC. The fourth-order valence-electron chi connectivity index (χ4n) is 4.83. The van der Waals surface area contributed by atoms with E-state index in [0.29, 0.717) is 17.4 Å². The summed E-state index contributed by atoms with van der Waals surface area (Å²) in [7, 11) is 1.21. The largest absolute Gasteiger partial charge is 0.756 e. The lowest BCUT2D eigenvalue weighted by Crippen LogP contribution is -2.45. The van der Waals surface area contributed by atoms with E-state index in [2.05, 4.69) is 79.9 Å². The van der Waals surface area contributed by atoms with Crippen LogP contribution in [-0.2, 0) is 18.4 Å². The first kappa shape index (κ1) is 47.9. The molecule has 0 aliphatic heterocycles. The first-order valence-electron chi connectivity index (χ1n) is 19.3.